The van der Waals surface area contributed by atoms with Crippen molar-refractivity contribution < 1.29 is 14.7 Å². The van der Waals surface area contributed by atoms with Crippen molar-refractivity contribution in [3.63, 3.8) is 0 Å². The molecule has 0 bridgehead atoms. The van der Waals surface area contributed by atoms with Gasteiger partial charge in [0.15, 0.2) is 0 Å². The molecule has 0 unspecified atom stereocenters. The molecule has 154 valence electrons. The first kappa shape index (κ1) is 22.0. The molecule has 2 rings (SSSR count). The third-order valence-corrected chi connectivity index (χ3v) is 4.50. The van der Waals surface area contributed by atoms with Crippen molar-refractivity contribution in [1.82, 2.24) is 20.6 Å². The molecule has 2 amide bonds. The molecule has 0 saturated carbocycles. The summed E-state index contributed by atoms with van der Waals surface area (Å²) in [6, 6.07) is 1.73. The molecule has 2 aromatic rings. The van der Waals surface area contributed by atoms with Crippen LogP contribution in [0.25, 0.3) is 0 Å². The van der Waals surface area contributed by atoms with E-state index in [1.165, 1.54) is 12.5 Å². The van der Waals surface area contributed by atoms with Crippen molar-refractivity contribution in [3.05, 3.63) is 65.4 Å². The zero-order valence-electron chi connectivity index (χ0n) is 16.8. The highest BCUT2D eigenvalue weighted by Gasteiger charge is 2.21. The van der Waals surface area contributed by atoms with Crippen LogP contribution in [0.2, 0.25) is 0 Å². The second kappa shape index (κ2) is 10.3. The van der Waals surface area contributed by atoms with Gasteiger partial charge in [-0.25, -0.2) is 9.97 Å². The van der Waals surface area contributed by atoms with Gasteiger partial charge in [-0.05, 0) is 68.0 Å². The minimum atomic E-state index is -0.805. The van der Waals surface area contributed by atoms with E-state index in [9.17, 15) is 14.7 Å². The van der Waals surface area contributed by atoms with Crippen LogP contribution in [0, 0.1) is 13.8 Å². The number of aryl methyl sites for hydroxylation is 2. The van der Waals surface area contributed by atoms with E-state index in [1.807, 2.05) is 13.8 Å². The van der Waals surface area contributed by atoms with Crippen LogP contribution in [0.1, 0.15) is 29.2 Å². The lowest BCUT2D eigenvalue weighted by molar-refractivity contribution is -0.128. The Bertz CT molecular complexity index is 860. The Hall–Kier alpha value is -3.26. The average Bonchev–Trinajstić information content (AvgIpc) is 2.68. The number of benzene rings is 1. The fraction of sp³-hybridized carbons (Fsp3) is 0.333. The summed E-state index contributed by atoms with van der Waals surface area (Å²) in [6.07, 6.45) is 9.04. The first-order valence-corrected chi connectivity index (χ1v) is 9.32. The SMILES string of the molecule is Cc1cc(O)cc(C)c1C[C@H](N)C(=O)N[C@H](C)C(=O)N/C=C/Cc1cncnc1. The highest BCUT2D eigenvalue weighted by molar-refractivity contribution is 5.89. The van der Waals surface area contributed by atoms with E-state index >= 15 is 0 Å². The molecule has 5 N–H and O–H groups in total. The Balaban J connectivity index is 1.83. The van der Waals surface area contributed by atoms with Crippen molar-refractivity contribution >= 4 is 11.8 Å². The highest BCUT2D eigenvalue weighted by Crippen LogP contribution is 2.21. The molecule has 0 saturated heterocycles. The third kappa shape index (κ3) is 6.69. The lowest BCUT2D eigenvalue weighted by atomic mass is 9.96. The number of carbonyl (C=O) groups excluding carboxylic acids is 2. The topological polar surface area (TPSA) is 130 Å². The van der Waals surface area contributed by atoms with Crippen LogP contribution < -0.4 is 16.4 Å². The predicted octanol–water partition coefficient (Wildman–Crippen LogP) is 1.05. The molecule has 0 aliphatic rings. The summed E-state index contributed by atoms with van der Waals surface area (Å²) < 4.78 is 0. The van der Waals surface area contributed by atoms with Crippen LogP contribution in [0.5, 0.6) is 5.75 Å². The number of hydrogen-bond acceptors (Lipinski definition) is 6. The number of phenols is 1. The van der Waals surface area contributed by atoms with Crippen molar-refractivity contribution in [2.24, 2.45) is 5.73 Å². The number of carbonyl (C=O) groups is 2. The number of phenolic OH excluding ortho intramolecular Hbond substituents is 1. The number of nitrogens with two attached hydrogens (primary N) is 1. The number of rotatable bonds is 8. The van der Waals surface area contributed by atoms with Crippen molar-refractivity contribution in [2.45, 2.75) is 45.7 Å². The summed E-state index contributed by atoms with van der Waals surface area (Å²) in [4.78, 5) is 32.3. The molecular weight excluding hydrogens is 370 g/mol. The van der Waals surface area contributed by atoms with E-state index in [0.717, 1.165) is 22.3 Å². The van der Waals surface area contributed by atoms with E-state index in [1.54, 1.807) is 37.5 Å². The monoisotopic (exact) mass is 397 g/mol. The molecule has 1 aromatic heterocycles. The fourth-order valence-electron chi connectivity index (χ4n) is 2.89. The summed E-state index contributed by atoms with van der Waals surface area (Å²) in [5.74, 6) is -0.576. The second-order valence-electron chi connectivity index (χ2n) is 6.96. The van der Waals surface area contributed by atoms with Crippen LogP contribution >= 0.6 is 0 Å². The van der Waals surface area contributed by atoms with Gasteiger partial charge in [-0.2, -0.15) is 0 Å². The van der Waals surface area contributed by atoms with Gasteiger partial charge in [0.1, 0.15) is 18.1 Å². The first-order valence-electron chi connectivity index (χ1n) is 9.32. The van der Waals surface area contributed by atoms with Gasteiger partial charge in [0.25, 0.3) is 0 Å². The van der Waals surface area contributed by atoms with E-state index < -0.39 is 18.0 Å². The number of nitrogens with zero attached hydrogens (tertiary/aromatic N) is 2. The Kier molecular flexibility index (Phi) is 7.85. The molecule has 0 radical (unpaired) electrons. The molecule has 0 aliphatic heterocycles. The van der Waals surface area contributed by atoms with Gasteiger partial charge < -0.3 is 21.5 Å². The fourth-order valence-corrected chi connectivity index (χ4v) is 2.89. The number of aromatic nitrogens is 2. The van der Waals surface area contributed by atoms with Gasteiger partial charge in [0.2, 0.25) is 11.8 Å². The molecule has 0 aliphatic carbocycles. The van der Waals surface area contributed by atoms with E-state index in [0.29, 0.717) is 12.8 Å². The molecule has 29 heavy (non-hydrogen) atoms. The van der Waals surface area contributed by atoms with Crippen LogP contribution in [0.3, 0.4) is 0 Å². The highest BCUT2D eigenvalue weighted by atomic mass is 16.3. The number of nitrogens with one attached hydrogen (secondary N) is 2. The predicted molar refractivity (Wildman–Crippen MR) is 110 cm³/mol. The maximum Gasteiger partial charge on any atom is 0.246 e. The van der Waals surface area contributed by atoms with Crippen LogP contribution in [-0.2, 0) is 22.4 Å². The molecule has 2 atom stereocenters. The Labute approximate surface area is 170 Å². The summed E-state index contributed by atoms with van der Waals surface area (Å²) in [5.41, 5.74) is 9.59. The summed E-state index contributed by atoms with van der Waals surface area (Å²) in [5, 5.41) is 14.9. The van der Waals surface area contributed by atoms with E-state index in [2.05, 4.69) is 20.6 Å². The second-order valence-corrected chi connectivity index (χ2v) is 6.96. The van der Waals surface area contributed by atoms with Gasteiger partial charge >= 0.3 is 0 Å². The zero-order chi connectivity index (χ0) is 21.4. The largest absolute Gasteiger partial charge is 0.508 e. The maximum absolute atomic E-state index is 12.4. The smallest absolute Gasteiger partial charge is 0.246 e. The number of aromatic hydroxyl groups is 1. The van der Waals surface area contributed by atoms with Crippen molar-refractivity contribution in [3.8, 4) is 5.75 Å². The van der Waals surface area contributed by atoms with Crippen LogP contribution in [0.15, 0.2) is 43.1 Å². The molecule has 1 heterocycles. The van der Waals surface area contributed by atoms with Gasteiger partial charge in [-0.1, -0.05) is 6.08 Å². The molecule has 8 nitrogen and oxygen atoms in total. The molecule has 1 aromatic carbocycles. The lowest BCUT2D eigenvalue weighted by Crippen LogP contribution is -2.50. The van der Waals surface area contributed by atoms with Crippen molar-refractivity contribution in [2.75, 3.05) is 0 Å². The van der Waals surface area contributed by atoms with Gasteiger partial charge in [-0.3, -0.25) is 9.59 Å². The average molecular weight is 397 g/mol. The molecule has 0 fully saturated rings. The summed E-state index contributed by atoms with van der Waals surface area (Å²) >= 11 is 0. The molecule has 8 heteroatoms. The Morgan fingerprint density at radius 2 is 1.79 bits per heavy atom. The van der Waals surface area contributed by atoms with Gasteiger partial charge in [-0.15, -0.1) is 0 Å². The van der Waals surface area contributed by atoms with E-state index in [4.69, 9.17) is 5.73 Å². The van der Waals surface area contributed by atoms with Gasteiger partial charge in [0.05, 0.1) is 6.04 Å². The minimum absolute atomic E-state index is 0.180. The summed E-state index contributed by atoms with van der Waals surface area (Å²) in [6.45, 7) is 5.31. The number of allylic oxidation sites excluding steroid dienone is 1. The molecular formula is C21H27N5O3. The maximum atomic E-state index is 12.4. The quantitative estimate of drug-likeness (QED) is 0.527. The van der Waals surface area contributed by atoms with Crippen LogP contribution in [-0.4, -0.2) is 39.0 Å². The normalized spacial score (nSPS) is 13.1. The standard InChI is InChI=1S/C21H27N5O3/c1-13-7-17(27)8-14(2)18(13)9-19(22)21(29)26-15(3)20(28)25-6-4-5-16-10-23-12-24-11-16/h4,6-8,10-12,15,19,27H,5,9,22H2,1-3H3,(H,25,28)(H,26,29)/b6-4+/t15-,19+/m1/s1. The summed E-state index contributed by atoms with van der Waals surface area (Å²) in [7, 11) is 0. The molecule has 0 spiro atoms. The zero-order valence-corrected chi connectivity index (χ0v) is 16.8. The lowest BCUT2D eigenvalue weighted by Gasteiger charge is -2.18. The Morgan fingerprint density at radius 1 is 1.17 bits per heavy atom. The third-order valence-electron chi connectivity index (χ3n) is 4.50. The minimum Gasteiger partial charge on any atom is -0.508 e. The number of amides is 2. The van der Waals surface area contributed by atoms with Crippen molar-refractivity contribution in [1.29, 1.82) is 0 Å². The first-order chi connectivity index (χ1) is 13.8. The number of hydrogen-bond donors (Lipinski definition) is 4. The Morgan fingerprint density at radius 3 is 2.41 bits per heavy atom. The van der Waals surface area contributed by atoms with E-state index in [-0.39, 0.29) is 11.7 Å². The van der Waals surface area contributed by atoms with Gasteiger partial charge in [0, 0.05) is 18.6 Å². The van der Waals surface area contributed by atoms with Crippen LogP contribution in [0.4, 0.5) is 0 Å².